The number of nitrogens with zero attached hydrogens (tertiary/aromatic N) is 3. The van der Waals surface area contributed by atoms with Gasteiger partial charge in [-0.1, -0.05) is 55.0 Å². The van der Waals surface area contributed by atoms with Crippen LogP contribution in [-0.2, 0) is 35.0 Å². The summed E-state index contributed by atoms with van der Waals surface area (Å²) >= 11 is 0. The highest BCUT2D eigenvalue weighted by atomic mass is 32.2. The monoisotopic (exact) mass is 453 g/mol. The predicted octanol–water partition coefficient (Wildman–Crippen LogP) is 3.96. The maximum Gasteiger partial charge on any atom is 0.243 e. The third kappa shape index (κ3) is 5.87. The van der Waals surface area contributed by atoms with Gasteiger partial charge in [-0.2, -0.15) is 4.31 Å². The Bertz CT molecular complexity index is 1120. The fraction of sp³-hybridized carbons (Fsp3) is 0.320. The molecular formula is C25H31N3O3S. The number of aryl methyl sites for hydroxylation is 2. The number of benzene rings is 2. The summed E-state index contributed by atoms with van der Waals surface area (Å²) < 4.78 is 29.8. The molecule has 0 aliphatic carbocycles. The van der Waals surface area contributed by atoms with Crippen LogP contribution in [0, 0.1) is 6.92 Å². The fourth-order valence-electron chi connectivity index (χ4n) is 3.54. The lowest BCUT2D eigenvalue weighted by atomic mass is 10.2. The molecule has 1 aromatic heterocycles. The first-order chi connectivity index (χ1) is 15.3. The van der Waals surface area contributed by atoms with Gasteiger partial charge in [0.15, 0.2) is 0 Å². The zero-order chi connectivity index (χ0) is 23.1. The molecule has 0 spiro atoms. The molecule has 3 aromatic rings. The van der Waals surface area contributed by atoms with Gasteiger partial charge in [-0.25, -0.2) is 8.42 Å². The second-order valence-corrected chi connectivity index (χ2v) is 9.94. The van der Waals surface area contributed by atoms with Crippen LogP contribution in [-0.4, -0.2) is 41.2 Å². The largest absolute Gasteiger partial charge is 0.353 e. The summed E-state index contributed by atoms with van der Waals surface area (Å²) in [5.41, 5.74) is 2.97. The highest BCUT2D eigenvalue weighted by Crippen LogP contribution is 2.18. The van der Waals surface area contributed by atoms with Crippen LogP contribution in [0.15, 0.2) is 77.8 Å². The zero-order valence-corrected chi connectivity index (χ0v) is 19.8. The van der Waals surface area contributed by atoms with Gasteiger partial charge in [0.1, 0.15) is 0 Å². The standard InChI is InChI=1S/C25H31N3O3S/c1-4-16-28(32(30,31)24-14-12-21(2)13-15-24)20-25(29)27(18-22-9-6-5-7-10-22)19-23-11-8-17-26(23)3/h5-15,17H,4,16,18-20H2,1-3H3. The molecule has 6 nitrogen and oxygen atoms in total. The number of rotatable bonds is 10. The second kappa shape index (κ2) is 10.6. The van der Waals surface area contributed by atoms with Crippen LogP contribution in [0.25, 0.3) is 0 Å². The molecular weight excluding hydrogens is 422 g/mol. The Labute approximate surface area is 191 Å². The smallest absolute Gasteiger partial charge is 0.243 e. The van der Waals surface area contributed by atoms with E-state index in [1.807, 2.05) is 74.1 Å². The summed E-state index contributed by atoms with van der Waals surface area (Å²) in [5.74, 6) is -0.223. The molecule has 2 aromatic carbocycles. The molecule has 0 radical (unpaired) electrons. The topological polar surface area (TPSA) is 62.6 Å². The molecule has 0 fully saturated rings. The van der Waals surface area contributed by atoms with E-state index in [9.17, 15) is 13.2 Å². The number of aromatic nitrogens is 1. The molecule has 0 unspecified atom stereocenters. The third-order valence-electron chi connectivity index (χ3n) is 5.42. The molecule has 0 bridgehead atoms. The minimum atomic E-state index is -3.77. The van der Waals surface area contributed by atoms with Gasteiger partial charge in [0.25, 0.3) is 0 Å². The van der Waals surface area contributed by atoms with Crippen LogP contribution in [0.2, 0.25) is 0 Å². The zero-order valence-electron chi connectivity index (χ0n) is 18.9. The Morgan fingerprint density at radius 2 is 1.62 bits per heavy atom. The molecule has 0 atom stereocenters. The first kappa shape index (κ1) is 23.8. The van der Waals surface area contributed by atoms with Gasteiger partial charge < -0.3 is 9.47 Å². The van der Waals surface area contributed by atoms with Crippen LogP contribution < -0.4 is 0 Å². The maximum absolute atomic E-state index is 13.4. The number of sulfonamides is 1. The van der Waals surface area contributed by atoms with Crippen LogP contribution in [0.3, 0.4) is 0 Å². The van der Waals surface area contributed by atoms with Crippen molar-refractivity contribution >= 4 is 15.9 Å². The van der Waals surface area contributed by atoms with Crippen LogP contribution in [0.4, 0.5) is 0 Å². The average molecular weight is 454 g/mol. The number of amides is 1. The second-order valence-electron chi connectivity index (χ2n) is 8.00. The molecule has 7 heteroatoms. The molecule has 0 aliphatic heterocycles. The van der Waals surface area contributed by atoms with Gasteiger partial charge >= 0.3 is 0 Å². The molecule has 0 N–H and O–H groups in total. The summed E-state index contributed by atoms with van der Waals surface area (Å²) in [4.78, 5) is 15.3. The van der Waals surface area contributed by atoms with E-state index < -0.39 is 10.0 Å². The Balaban J connectivity index is 1.85. The normalized spacial score (nSPS) is 11.6. The minimum Gasteiger partial charge on any atom is -0.353 e. The van der Waals surface area contributed by atoms with Crippen molar-refractivity contribution in [1.29, 1.82) is 0 Å². The molecule has 0 aliphatic rings. The molecule has 1 amide bonds. The van der Waals surface area contributed by atoms with E-state index in [4.69, 9.17) is 0 Å². The van der Waals surface area contributed by atoms with Crippen molar-refractivity contribution < 1.29 is 13.2 Å². The molecule has 32 heavy (non-hydrogen) atoms. The molecule has 0 saturated heterocycles. The van der Waals surface area contributed by atoms with Crippen molar-refractivity contribution in [3.05, 3.63) is 89.7 Å². The van der Waals surface area contributed by atoms with Crippen molar-refractivity contribution in [3.8, 4) is 0 Å². The van der Waals surface area contributed by atoms with E-state index in [0.29, 0.717) is 19.5 Å². The molecule has 1 heterocycles. The van der Waals surface area contributed by atoms with Gasteiger partial charge in [0.2, 0.25) is 15.9 Å². The maximum atomic E-state index is 13.4. The SMILES string of the molecule is CCCN(CC(=O)N(Cc1ccccc1)Cc1cccn1C)S(=O)(=O)c1ccc(C)cc1. The third-order valence-corrected chi connectivity index (χ3v) is 7.28. The first-order valence-electron chi connectivity index (χ1n) is 10.8. The van der Waals surface area contributed by atoms with E-state index in [-0.39, 0.29) is 23.9 Å². The van der Waals surface area contributed by atoms with E-state index in [0.717, 1.165) is 16.8 Å². The lowest BCUT2D eigenvalue weighted by molar-refractivity contribution is -0.132. The van der Waals surface area contributed by atoms with Crippen LogP contribution >= 0.6 is 0 Å². The number of carbonyl (C=O) groups excluding carboxylic acids is 1. The van der Waals surface area contributed by atoms with Crippen molar-refractivity contribution in [2.75, 3.05) is 13.1 Å². The van der Waals surface area contributed by atoms with Crippen molar-refractivity contribution in [3.63, 3.8) is 0 Å². The summed E-state index contributed by atoms with van der Waals surface area (Å²) in [7, 11) is -1.83. The molecule has 3 rings (SSSR count). The van der Waals surface area contributed by atoms with Crippen molar-refractivity contribution in [2.45, 2.75) is 38.3 Å². The molecule has 0 saturated carbocycles. The summed E-state index contributed by atoms with van der Waals surface area (Å²) in [6.45, 7) is 4.73. The highest BCUT2D eigenvalue weighted by molar-refractivity contribution is 7.89. The molecule has 170 valence electrons. The van der Waals surface area contributed by atoms with E-state index in [1.165, 1.54) is 4.31 Å². The van der Waals surface area contributed by atoms with Crippen molar-refractivity contribution in [2.24, 2.45) is 7.05 Å². The lowest BCUT2D eigenvalue weighted by Gasteiger charge is -2.27. The van der Waals surface area contributed by atoms with Crippen molar-refractivity contribution in [1.82, 2.24) is 13.8 Å². The van der Waals surface area contributed by atoms with E-state index >= 15 is 0 Å². The van der Waals surface area contributed by atoms with Gasteiger partial charge in [-0.3, -0.25) is 4.79 Å². The first-order valence-corrected chi connectivity index (χ1v) is 12.2. The Morgan fingerprint density at radius 1 is 0.938 bits per heavy atom. The fourth-order valence-corrected chi connectivity index (χ4v) is 5.02. The summed E-state index contributed by atoms with van der Waals surface area (Å²) in [6, 6.07) is 20.4. The van der Waals surface area contributed by atoms with Gasteiger partial charge in [-0.05, 0) is 43.2 Å². The van der Waals surface area contributed by atoms with Gasteiger partial charge in [0, 0.05) is 32.0 Å². The Hall–Kier alpha value is -2.90. The minimum absolute atomic E-state index is 0.193. The van der Waals surface area contributed by atoms with Gasteiger partial charge in [-0.15, -0.1) is 0 Å². The Morgan fingerprint density at radius 3 is 2.22 bits per heavy atom. The quantitative estimate of drug-likeness (QED) is 0.467. The number of carbonyl (C=O) groups is 1. The van der Waals surface area contributed by atoms with Crippen LogP contribution in [0.5, 0.6) is 0 Å². The summed E-state index contributed by atoms with van der Waals surface area (Å²) in [5, 5.41) is 0. The number of hydrogen-bond donors (Lipinski definition) is 0. The van der Waals surface area contributed by atoms with Crippen LogP contribution in [0.1, 0.15) is 30.2 Å². The predicted molar refractivity (Wildman–Crippen MR) is 126 cm³/mol. The van der Waals surface area contributed by atoms with Gasteiger partial charge in [0.05, 0.1) is 18.0 Å². The lowest BCUT2D eigenvalue weighted by Crippen LogP contribution is -2.43. The number of hydrogen-bond acceptors (Lipinski definition) is 3. The summed E-state index contributed by atoms with van der Waals surface area (Å²) in [6.07, 6.45) is 2.56. The van der Waals surface area contributed by atoms with E-state index in [1.54, 1.807) is 29.2 Å². The Kier molecular flexibility index (Phi) is 7.88. The van der Waals surface area contributed by atoms with E-state index in [2.05, 4.69) is 0 Å². The highest BCUT2D eigenvalue weighted by Gasteiger charge is 2.28. The average Bonchev–Trinajstić information content (AvgIpc) is 3.18.